The van der Waals surface area contributed by atoms with Gasteiger partial charge in [-0.3, -0.25) is 19.2 Å². The molecule has 7 rings (SSSR count). The number of nitrogens with zero attached hydrogens (tertiary/aromatic N) is 1. The lowest BCUT2D eigenvalue weighted by atomic mass is 9.83. The standard InChI is InChI=1S/C35H26F3N3O6S2/c1-2-46-25-16-20(12-14-24(25)47-17-26(42)39-21-13-11-18-7-3-4-8-19(18)15-21)27-28-30(48-31-29(27)49-34(45)40-31)33(44)41(32(28)43)23-10-6-5-9-22(23)35(36,37)38/h3-16,27-28,30H,2,17H2,1H3,(H,39,42)(H,40,45)/t27-,28-,30+/m0/s1. The topological polar surface area (TPSA) is 118 Å². The number of thiazole rings is 1. The highest BCUT2D eigenvalue weighted by molar-refractivity contribution is 8.00. The second kappa shape index (κ2) is 12.7. The van der Waals surface area contributed by atoms with E-state index < -0.39 is 57.1 Å². The second-order valence-corrected chi connectivity index (χ2v) is 13.5. The maximum Gasteiger partial charge on any atom is 0.418 e. The maximum atomic E-state index is 14.0. The zero-order chi connectivity index (χ0) is 34.4. The van der Waals surface area contributed by atoms with E-state index in [-0.39, 0.29) is 24.7 Å². The van der Waals surface area contributed by atoms with Gasteiger partial charge >= 0.3 is 11.0 Å². The first-order valence-corrected chi connectivity index (χ1v) is 16.8. The molecule has 0 saturated carbocycles. The number of carbonyl (C=O) groups is 3. The summed E-state index contributed by atoms with van der Waals surface area (Å²) in [6.45, 7) is 1.63. The average molecular weight is 706 g/mol. The molecule has 2 aliphatic heterocycles. The van der Waals surface area contributed by atoms with Crippen LogP contribution in [0.2, 0.25) is 0 Å². The maximum absolute atomic E-state index is 14.0. The number of anilines is 2. The number of ether oxygens (including phenoxy) is 2. The molecule has 1 saturated heterocycles. The quantitative estimate of drug-likeness (QED) is 0.170. The van der Waals surface area contributed by atoms with Crippen molar-refractivity contribution in [1.82, 2.24) is 4.98 Å². The van der Waals surface area contributed by atoms with Crippen molar-refractivity contribution in [2.24, 2.45) is 5.92 Å². The summed E-state index contributed by atoms with van der Waals surface area (Å²) < 4.78 is 53.6. The lowest BCUT2D eigenvalue weighted by molar-refractivity contribution is -0.137. The van der Waals surface area contributed by atoms with E-state index in [1.54, 1.807) is 31.2 Å². The summed E-state index contributed by atoms with van der Waals surface area (Å²) in [6.07, 6.45) is -4.81. The lowest BCUT2D eigenvalue weighted by Gasteiger charge is -2.30. The Kier molecular flexibility index (Phi) is 8.45. The van der Waals surface area contributed by atoms with Gasteiger partial charge in [0, 0.05) is 16.5 Å². The van der Waals surface area contributed by atoms with E-state index >= 15 is 0 Å². The van der Waals surface area contributed by atoms with Crippen LogP contribution in [0.5, 0.6) is 11.5 Å². The Morgan fingerprint density at radius 3 is 2.43 bits per heavy atom. The summed E-state index contributed by atoms with van der Waals surface area (Å²) in [5.41, 5.74) is -0.571. The third kappa shape index (κ3) is 6.06. The lowest BCUT2D eigenvalue weighted by Crippen LogP contribution is -2.33. The smallest absolute Gasteiger partial charge is 0.418 e. The number of H-pyrrole nitrogens is 1. The van der Waals surface area contributed by atoms with Crippen LogP contribution in [-0.2, 0) is 20.6 Å². The zero-order valence-corrected chi connectivity index (χ0v) is 27.2. The molecule has 3 heterocycles. The van der Waals surface area contributed by atoms with E-state index in [4.69, 9.17) is 9.47 Å². The van der Waals surface area contributed by atoms with E-state index in [1.807, 2.05) is 36.4 Å². The van der Waals surface area contributed by atoms with E-state index in [0.717, 1.165) is 46.0 Å². The SMILES string of the molecule is CCOc1cc([C@@H]2c3sc(=O)[nH]c3S[C@H]3C(=O)N(c4ccccc4C(F)(F)F)C(=O)[C@@H]23)ccc1OCC(=O)Nc1ccc2ccccc2c1. The molecule has 0 spiro atoms. The summed E-state index contributed by atoms with van der Waals surface area (Å²) in [7, 11) is 0. The van der Waals surface area contributed by atoms with Crippen molar-refractivity contribution >= 4 is 63.0 Å². The monoisotopic (exact) mass is 705 g/mol. The first kappa shape index (κ1) is 32.5. The van der Waals surface area contributed by atoms with E-state index in [1.165, 1.54) is 12.1 Å². The minimum atomic E-state index is -4.81. The number of alkyl halides is 3. The van der Waals surface area contributed by atoms with Gasteiger partial charge in [-0.25, -0.2) is 4.90 Å². The highest BCUT2D eigenvalue weighted by atomic mass is 32.2. The Labute approximate surface area is 285 Å². The molecular formula is C35H26F3N3O6S2. The molecule has 2 N–H and O–H groups in total. The van der Waals surface area contributed by atoms with Crippen molar-refractivity contribution < 1.29 is 37.0 Å². The van der Waals surface area contributed by atoms with Gasteiger partial charge < -0.3 is 19.8 Å². The number of amides is 3. The van der Waals surface area contributed by atoms with Gasteiger partial charge in [-0.2, -0.15) is 13.2 Å². The fourth-order valence-corrected chi connectivity index (χ4v) is 8.75. The minimum Gasteiger partial charge on any atom is -0.490 e. The molecular weight excluding hydrogens is 680 g/mol. The molecule has 1 aromatic heterocycles. The van der Waals surface area contributed by atoms with Gasteiger partial charge in [0.1, 0.15) is 5.25 Å². The molecule has 1 fully saturated rings. The summed E-state index contributed by atoms with van der Waals surface area (Å²) in [6, 6.07) is 22.5. The number of hydrogen-bond donors (Lipinski definition) is 2. The molecule has 14 heteroatoms. The van der Waals surface area contributed by atoms with Crippen LogP contribution >= 0.6 is 23.1 Å². The first-order chi connectivity index (χ1) is 23.5. The minimum absolute atomic E-state index is 0.220. The van der Waals surface area contributed by atoms with Gasteiger partial charge in [0.2, 0.25) is 11.8 Å². The zero-order valence-electron chi connectivity index (χ0n) is 25.6. The van der Waals surface area contributed by atoms with Crippen LogP contribution in [0.25, 0.3) is 10.8 Å². The average Bonchev–Trinajstić information content (AvgIpc) is 3.57. The molecule has 4 aromatic carbocycles. The van der Waals surface area contributed by atoms with E-state index in [0.29, 0.717) is 26.1 Å². The number of thioether (sulfide) groups is 1. The number of benzene rings is 4. The molecule has 0 aliphatic carbocycles. The number of rotatable bonds is 8. The van der Waals surface area contributed by atoms with E-state index in [9.17, 15) is 32.3 Å². The predicted octanol–water partition coefficient (Wildman–Crippen LogP) is 6.82. The van der Waals surface area contributed by atoms with Crippen LogP contribution in [0, 0.1) is 5.92 Å². The largest absolute Gasteiger partial charge is 0.490 e. The molecule has 0 bridgehead atoms. The van der Waals surface area contributed by atoms with Gasteiger partial charge in [0.05, 0.1) is 28.8 Å². The van der Waals surface area contributed by atoms with Crippen LogP contribution < -0.4 is 24.6 Å². The van der Waals surface area contributed by atoms with Gasteiger partial charge in [0.15, 0.2) is 18.1 Å². The highest BCUT2D eigenvalue weighted by Crippen LogP contribution is 2.54. The van der Waals surface area contributed by atoms with Gasteiger partial charge in [0.25, 0.3) is 5.91 Å². The Balaban J connectivity index is 1.19. The third-order valence-electron chi connectivity index (χ3n) is 8.29. The van der Waals surface area contributed by atoms with Crippen molar-refractivity contribution in [1.29, 1.82) is 0 Å². The van der Waals surface area contributed by atoms with Crippen molar-refractivity contribution in [2.45, 2.75) is 29.3 Å². The van der Waals surface area contributed by atoms with Gasteiger partial charge in [-0.05, 0) is 59.7 Å². The van der Waals surface area contributed by atoms with Crippen molar-refractivity contribution in [3.63, 3.8) is 0 Å². The van der Waals surface area contributed by atoms with Crippen LogP contribution in [0.15, 0.2) is 94.7 Å². The third-order valence-corrected chi connectivity index (χ3v) is 10.7. The molecule has 5 aromatic rings. The summed E-state index contributed by atoms with van der Waals surface area (Å²) in [5, 5.41) is 4.08. The number of nitrogens with one attached hydrogen (secondary N) is 2. The summed E-state index contributed by atoms with van der Waals surface area (Å²) in [4.78, 5) is 56.5. The number of para-hydroxylation sites is 1. The summed E-state index contributed by atoms with van der Waals surface area (Å²) >= 11 is 1.83. The van der Waals surface area contributed by atoms with Crippen LogP contribution in [0.4, 0.5) is 24.5 Å². The predicted molar refractivity (Wildman–Crippen MR) is 180 cm³/mol. The molecule has 0 unspecified atom stereocenters. The molecule has 2 aliphatic rings. The van der Waals surface area contributed by atoms with Gasteiger partial charge in [-0.1, -0.05) is 71.6 Å². The molecule has 0 radical (unpaired) electrons. The number of halogens is 3. The van der Waals surface area contributed by atoms with Crippen LogP contribution in [0.1, 0.15) is 28.8 Å². The molecule has 3 atom stereocenters. The Morgan fingerprint density at radius 1 is 0.898 bits per heavy atom. The van der Waals surface area contributed by atoms with Gasteiger partial charge in [-0.15, -0.1) is 0 Å². The fourth-order valence-electron chi connectivity index (χ4n) is 6.24. The first-order valence-electron chi connectivity index (χ1n) is 15.2. The van der Waals surface area contributed by atoms with Crippen molar-refractivity contribution in [3.05, 3.63) is 111 Å². The molecule has 3 amide bonds. The normalized spacial score (nSPS) is 18.7. The number of aromatic amines is 1. The van der Waals surface area contributed by atoms with Crippen LogP contribution in [0.3, 0.4) is 0 Å². The second-order valence-electron chi connectivity index (χ2n) is 11.3. The highest BCUT2D eigenvalue weighted by Gasteiger charge is 2.57. The number of carbonyl (C=O) groups excluding carboxylic acids is 3. The Bertz CT molecular complexity index is 2180. The number of imide groups is 1. The van der Waals surface area contributed by atoms with Crippen molar-refractivity contribution in [3.8, 4) is 11.5 Å². The Hall–Kier alpha value is -5.08. The fraction of sp³-hybridized carbons (Fsp3) is 0.200. The van der Waals surface area contributed by atoms with Crippen LogP contribution in [-0.4, -0.2) is 41.2 Å². The molecule has 49 heavy (non-hydrogen) atoms. The number of fused-ring (bicyclic) bond motifs is 3. The number of hydrogen-bond acceptors (Lipinski definition) is 8. The number of aromatic nitrogens is 1. The molecule has 250 valence electrons. The molecule has 9 nitrogen and oxygen atoms in total. The van der Waals surface area contributed by atoms with E-state index in [2.05, 4.69) is 10.3 Å². The van der Waals surface area contributed by atoms with Crippen molar-refractivity contribution in [2.75, 3.05) is 23.4 Å². The Morgan fingerprint density at radius 2 is 1.65 bits per heavy atom. The summed E-state index contributed by atoms with van der Waals surface area (Å²) in [5.74, 6) is -3.53.